The lowest BCUT2D eigenvalue weighted by Gasteiger charge is -2.20. The predicted molar refractivity (Wildman–Crippen MR) is 336 cm³/mol. The van der Waals surface area contributed by atoms with Crippen molar-refractivity contribution in [1.82, 2.24) is 0 Å². The first-order valence-corrected chi connectivity index (χ1v) is 30.8. The third-order valence-electron chi connectivity index (χ3n) is 17.4. The van der Waals surface area contributed by atoms with Gasteiger partial charge in [0.25, 0.3) is 0 Å². The first-order valence-electron chi connectivity index (χ1n) is 28.3. The lowest BCUT2D eigenvalue weighted by molar-refractivity contribution is 1.05. The van der Waals surface area contributed by atoms with E-state index in [2.05, 4.69) is 233 Å². The molecule has 3 heteroatoms. The third kappa shape index (κ3) is 8.30. The van der Waals surface area contributed by atoms with Crippen LogP contribution in [0.2, 0.25) is 0 Å². The Morgan fingerprint density at radius 3 is 1.00 bits per heavy atom. The molecule has 0 nitrogen and oxygen atoms in total. The van der Waals surface area contributed by atoms with Crippen LogP contribution >= 0.6 is 35.3 Å². The van der Waals surface area contributed by atoms with Crippen molar-refractivity contribution in [3.63, 3.8) is 0 Å². The second-order valence-corrected chi connectivity index (χ2v) is 25.0. The van der Waals surface area contributed by atoms with Crippen molar-refractivity contribution >= 4 is 35.3 Å². The Hall–Kier alpha value is -7.53. The maximum absolute atomic E-state index is 2.52. The fourth-order valence-corrected chi connectivity index (χ4v) is 17.0. The zero-order valence-electron chi connectivity index (χ0n) is 44.9. The van der Waals surface area contributed by atoms with Crippen LogP contribution in [-0.2, 0) is 44.9 Å². The van der Waals surface area contributed by atoms with Crippen molar-refractivity contribution in [2.75, 3.05) is 0 Å². The van der Waals surface area contributed by atoms with Crippen molar-refractivity contribution in [3.05, 3.63) is 274 Å². The van der Waals surface area contributed by atoms with Gasteiger partial charge in [-0.25, -0.2) is 0 Å². The second-order valence-electron chi connectivity index (χ2n) is 21.7. The van der Waals surface area contributed by atoms with Gasteiger partial charge in [-0.15, -0.1) is 0 Å². The Bertz CT molecular complexity index is 4250. The van der Waals surface area contributed by atoms with E-state index >= 15 is 0 Å². The fraction of sp³-hybridized carbons (Fsp3) is 0.132. The van der Waals surface area contributed by atoms with Crippen LogP contribution in [0.25, 0.3) is 77.9 Å². The summed E-state index contributed by atoms with van der Waals surface area (Å²) >= 11 is 5.78. The summed E-state index contributed by atoms with van der Waals surface area (Å²) in [6.07, 6.45) is 6.95. The molecule has 0 N–H and O–H groups in total. The Kier molecular flexibility index (Phi) is 12.3. The summed E-state index contributed by atoms with van der Waals surface area (Å²) < 4.78 is 0. The van der Waals surface area contributed by atoms with Crippen LogP contribution in [0, 0.1) is 0 Å². The number of rotatable bonds is 12. The topological polar surface area (TPSA) is 0 Å². The number of fused-ring (bicyclic) bond motifs is 12. The van der Waals surface area contributed by atoms with Crippen molar-refractivity contribution in [2.24, 2.45) is 0 Å². The normalized spacial score (nSPS) is 12.8. The van der Waals surface area contributed by atoms with Crippen LogP contribution in [0.3, 0.4) is 0 Å². The van der Waals surface area contributed by atoms with E-state index in [1.165, 1.54) is 168 Å². The van der Waals surface area contributed by atoms with Gasteiger partial charge in [-0.1, -0.05) is 226 Å². The molecule has 0 fully saturated rings. The second kappa shape index (κ2) is 20.0. The van der Waals surface area contributed by atoms with Gasteiger partial charge in [0.05, 0.1) is 0 Å². The number of hydrogen-bond acceptors (Lipinski definition) is 3. The minimum atomic E-state index is 0.917. The van der Waals surface area contributed by atoms with E-state index < -0.39 is 0 Å². The first kappa shape index (κ1) is 48.6. The van der Waals surface area contributed by atoms with E-state index in [-0.39, 0.29) is 0 Å². The molecule has 4 aliphatic rings. The van der Waals surface area contributed by atoms with Crippen molar-refractivity contribution in [3.8, 4) is 77.9 Å². The van der Waals surface area contributed by atoms with Crippen LogP contribution in [0.1, 0.15) is 82.0 Å². The summed E-state index contributed by atoms with van der Waals surface area (Å²) in [5.41, 5.74) is 35.0. The summed E-state index contributed by atoms with van der Waals surface area (Å²) in [6, 6.07) is 81.3. The van der Waals surface area contributed by atoms with E-state index in [0.717, 1.165) is 44.9 Å². The molecular formula is C76H58S3. The highest BCUT2D eigenvalue weighted by Crippen LogP contribution is 2.55. The highest BCUT2D eigenvalue weighted by atomic mass is 32.2. The Morgan fingerprint density at radius 1 is 0.278 bits per heavy atom. The maximum atomic E-state index is 2.52. The van der Waals surface area contributed by atoms with Crippen LogP contribution < -0.4 is 0 Å². The molecule has 79 heavy (non-hydrogen) atoms. The van der Waals surface area contributed by atoms with Gasteiger partial charge >= 0.3 is 0 Å². The van der Waals surface area contributed by atoms with Crippen LogP contribution in [0.4, 0.5) is 0 Å². The lowest BCUT2D eigenvalue weighted by atomic mass is 9.91. The Balaban J connectivity index is 0.822. The molecule has 0 unspecified atom stereocenters. The molecule has 0 amide bonds. The quantitative estimate of drug-likeness (QED) is 0.120. The summed E-state index contributed by atoms with van der Waals surface area (Å²) in [6.45, 7) is 6.86. The van der Waals surface area contributed by atoms with Crippen LogP contribution in [-0.4, -0.2) is 0 Å². The third-order valence-corrected chi connectivity index (χ3v) is 21.1. The first-order chi connectivity index (χ1) is 39.0. The minimum absolute atomic E-state index is 0.917. The molecular weight excluding hydrogens is 1010 g/mol. The molecule has 0 heterocycles. The Morgan fingerprint density at radius 2 is 0.608 bits per heavy atom. The van der Waals surface area contributed by atoms with Crippen LogP contribution in [0.5, 0.6) is 0 Å². The smallest absolute Gasteiger partial charge is 0.0404 e. The summed E-state index contributed by atoms with van der Waals surface area (Å²) in [7, 11) is 0. The molecule has 0 bridgehead atoms. The van der Waals surface area contributed by atoms with Gasteiger partial charge in [-0.3, -0.25) is 0 Å². The Labute approximate surface area is 478 Å². The number of aryl methyl sites for hydroxylation is 3. The molecule has 380 valence electrons. The molecule has 15 rings (SSSR count). The van der Waals surface area contributed by atoms with Crippen LogP contribution in [0.15, 0.2) is 242 Å². The summed E-state index contributed by atoms with van der Waals surface area (Å²) in [5.74, 6) is 0. The van der Waals surface area contributed by atoms with Crippen molar-refractivity contribution < 1.29 is 0 Å². The molecule has 0 aliphatic heterocycles. The molecule has 0 spiro atoms. The molecule has 11 aromatic carbocycles. The van der Waals surface area contributed by atoms with Crippen molar-refractivity contribution in [2.45, 2.75) is 95.1 Å². The SMILES string of the molecule is CCc1ccc(-c2ccc(Sc3cc4c(c(Sc5ccc(-c6ccc(CC)c7c6Cc6ccccc6-7)cc5)c3Sc3ccc(-c5ccc(CC)c6c5Cc5ccccc5-6)cc3)Cc3ccccc3-4)cc2)c2c1-c1ccccc1C2. The van der Waals surface area contributed by atoms with Gasteiger partial charge in [0.2, 0.25) is 0 Å². The number of hydrogen-bond donors (Lipinski definition) is 0. The molecule has 11 aromatic rings. The monoisotopic (exact) mass is 1070 g/mol. The zero-order valence-corrected chi connectivity index (χ0v) is 47.3. The standard InChI is InChI=1S/C76H58S3/c1-4-46-29-38-60(67-41-53-16-8-12-20-63(53)72(46)67)49-23-32-56(33-24-49)77-71-45-66-59-19-11-7-15-52(59)44-70(66)75(78-57-34-25-50(26-35-57)61-39-30-47(5-2)73-64-21-13-9-17-54(64)42-68(61)73)76(71)79-58-36-27-51(28-37-58)62-40-31-48(6-3)74-65-22-14-10-18-55(65)43-69(62)74/h7-40,45H,4-6,41-44H2,1-3H3. The van der Waals surface area contributed by atoms with E-state index in [1.54, 1.807) is 0 Å². The highest BCUT2D eigenvalue weighted by Gasteiger charge is 2.30. The summed E-state index contributed by atoms with van der Waals surface area (Å²) in [5, 5.41) is 0. The molecule has 4 aliphatic carbocycles. The lowest BCUT2D eigenvalue weighted by Crippen LogP contribution is -1.95. The molecule has 0 saturated carbocycles. The molecule has 0 saturated heterocycles. The zero-order chi connectivity index (χ0) is 52.7. The van der Waals surface area contributed by atoms with Gasteiger partial charge in [0.1, 0.15) is 0 Å². The van der Waals surface area contributed by atoms with E-state index in [0.29, 0.717) is 0 Å². The maximum Gasteiger partial charge on any atom is 0.0404 e. The molecule has 0 radical (unpaired) electrons. The predicted octanol–water partition coefficient (Wildman–Crippen LogP) is 21.1. The highest BCUT2D eigenvalue weighted by molar-refractivity contribution is 8.04. The molecule has 0 aromatic heterocycles. The average molecular weight is 1070 g/mol. The summed E-state index contributed by atoms with van der Waals surface area (Å²) in [4.78, 5) is 7.71. The largest absolute Gasteiger partial charge is 0.0888 e. The number of benzene rings is 11. The van der Waals surface area contributed by atoms with E-state index in [1.807, 2.05) is 35.3 Å². The average Bonchev–Trinajstić information content (AvgIpc) is 4.45. The van der Waals surface area contributed by atoms with Gasteiger partial charge < -0.3 is 0 Å². The van der Waals surface area contributed by atoms with Gasteiger partial charge in [-0.2, -0.15) is 0 Å². The van der Waals surface area contributed by atoms with E-state index in [9.17, 15) is 0 Å². The van der Waals surface area contributed by atoms with Gasteiger partial charge in [-0.05, 0) is 226 Å². The van der Waals surface area contributed by atoms with Gasteiger partial charge in [0.15, 0.2) is 0 Å². The van der Waals surface area contributed by atoms with Gasteiger partial charge in [0, 0.05) is 29.4 Å². The van der Waals surface area contributed by atoms with E-state index in [4.69, 9.17) is 0 Å². The molecule has 0 atom stereocenters. The minimum Gasteiger partial charge on any atom is -0.0888 e. The van der Waals surface area contributed by atoms with Crippen molar-refractivity contribution in [1.29, 1.82) is 0 Å². The fourth-order valence-electron chi connectivity index (χ4n) is 13.6.